The second-order valence-electron chi connectivity index (χ2n) is 5.38. The lowest BCUT2D eigenvalue weighted by molar-refractivity contribution is -0.151. The average molecular weight is 267 g/mol. The van der Waals surface area contributed by atoms with E-state index in [4.69, 9.17) is 10.5 Å². The number of fused-ring (bicyclic) bond motifs is 1. The summed E-state index contributed by atoms with van der Waals surface area (Å²) in [7, 11) is 0. The molecule has 2 fully saturated rings. The maximum absolute atomic E-state index is 13.5. The zero-order valence-corrected chi connectivity index (χ0v) is 10.3. The van der Waals surface area contributed by atoms with Crippen molar-refractivity contribution in [1.82, 2.24) is 0 Å². The van der Waals surface area contributed by atoms with Gasteiger partial charge < -0.3 is 10.5 Å². The predicted molar refractivity (Wildman–Crippen MR) is 64.3 cm³/mol. The highest BCUT2D eigenvalue weighted by Gasteiger charge is 2.79. The van der Waals surface area contributed by atoms with Crippen LogP contribution in [0.3, 0.4) is 0 Å². The van der Waals surface area contributed by atoms with Crippen LogP contribution in [0.1, 0.15) is 18.4 Å². The fraction of sp³-hybridized carbons (Fsp3) is 0.500. The summed E-state index contributed by atoms with van der Waals surface area (Å²) < 4.78 is 32.1. The molecule has 2 saturated carbocycles. The van der Waals surface area contributed by atoms with Gasteiger partial charge in [0, 0.05) is 6.42 Å². The topological polar surface area (TPSA) is 52.3 Å². The van der Waals surface area contributed by atoms with E-state index in [1.54, 1.807) is 12.1 Å². The van der Waals surface area contributed by atoms with Crippen molar-refractivity contribution in [2.24, 2.45) is 17.6 Å². The van der Waals surface area contributed by atoms with Crippen LogP contribution in [0.15, 0.2) is 30.3 Å². The average Bonchev–Trinajstić information content (AvgIpc) is 2.88. The van der Waals surface area contributed by atoms with Gasteiger partial charge in [0.05, 0.1) is 5.92 Å². The third-order valence-corrected chi connectivity index (χ3v) is 4.23. The smallest absolute Gasteiger partial charge is 0.327 e. The normalized spacial score (nSPS) is 34.7. The van der Waals surface area contributed by atoms with Crippen LogP contribution in [-0.2, 0) is 16.1 Å². The van der Waals surface area contributed by atoms with Crippen LogP contribution in [0.2, 0.25) is 0 Å². The second-order valence-corrected chi connectivity index (χ2v) is 5.38. The molecule has 2 N–H and O–H groups in total. The monoisotopic (exact) mass is 267 g/mol. The number of esters is 1. The van der Waals surface area contributed by atoms with Crippen molar-refractivity contribution < 1.29 is 18.3 Å². The molecule has 2 aliphatic carbocycles. The molecule has 0 radical (unpaired) electrons. The number of benzene rings is 1. The highest BCUT2D eigenvalue weighted by molar-refractivity contribution is 5.86. The molecule has 2 aliphatic rings. The molecule has 3 atom stereocenters. The molecule has 19 heavy (non-hydrogen) atoms. The number of carbonyl (C=O) groups is 1. The van der Waals surface area contributed by atoms with Gasteiger partial charge in [0.15, 0.2) is 0 Å². The van der Waals surface area contributed by atoms with Crippen molar-refractivity contribution in [3.8, 4) is 0 Å². The number of carbonyl (C=O) groups excluding carboxylic acids is 1. The van der Waals surface area contributed by atoms with E-state index in [1.807, 2.05) is 18.2 Å². The molecule has 102 valence electrons. The van der Waals surface area contributed by atoms with Crippen LogP contribution >= 0.6 is 0 Å². The zero-order chi connectivity index (χ0) is 13.7. The van der Waals surface area contributed by atoms with Crippen molar-refractivity contribution in [3.63, 3.8) is 0 Å². The minimum absolute atomic E-state index is 0.0731. The lowest BCUT2D eigenvalue weighted by Crippen LogP contribution is -2.43. The molecule has 0 aliphatic heterocycles. The molecule has 0 bridgehead atoms. The summed E-state index contributed by atoms with van der Waals surface area (Å²) in [6.07, 6.45) is 0.127. The van der Waals surface area contributed by atoms with Gasteiger partial charge in [-0.05, 0) is 17.9 Å². The fourth-order valence-electron chi connectivity index (χ4n) is 3.16. The predicted octanol–water partition coefficient (Wildman–Crippen LogP) is 2.10. The largest absolute Gasteiger partial charge is 0.459 e. The minimum atomic E-state index is -2.83. The number of alkyl halides is 2. The van der Waals surface area contributed by atoms with Gasteiger partial charge in [-0.15, -0.1) is 0 Å². The minimum Gasteiger partial charge on any atom is -0.459 e. The molecular weight excluding hydrogens is 252 g/mol. The first kappa shape index (κ1) is 12.5. The van der Waals surface area contributed by atoms with Crippen LogP contribution in [0, 0.1) is 11.8 Å². The first-order valence-electron chi connectivity index (χ1n) is 6.34. The van der Waals surface area contributed by atoms with Crippen molar-refractivity contribution in [1.29, 1.82) is 0 Å². The number of hydrogen-bond acceptors (Lipinski definition) is 3. The van der Waals surface area contributed by atoms with Crippen molar-refractivity contribution in [2.45, 2.75) is 30.9 Å². The van der Waals surface area contributed by atoms with Gasteiger partial charge >= 0.3 is 5.97 Å². The van der Waals surface area contributed by atoms with E-state index in [-0.39, 0.29) is 13.0 Å². The summed E-state index contributed by atoms with van der Waals surface area (Å²) in [5.41, 5.74) is 5.17. The molecule has 3 rings (SSSR count). The summed E-state index contributed by atoms with van der Waals surface area (Å²) in [5, 5.41) is 0. The second kappa shape index (κ2) is 4.00. The van der Waals surface area contributed by atoms with Gasteiger partial charge in [0.1, 0.15) is 12.1 Å². The summed E-state index contributed by atoms with van der Waals surface area (Å²) >= 11 is 0. The lowest BCUT2D eigenvalue weighted by Gasteiger charge is -2.19. The van der Waals surface area contributed by atoms with E-state index in [0.29, 0.717) is 6.42 Å². The maximum Gasteiger partial charge on any atom is 0.327 e. The van der Waals surface area contributed by atoms with Crippen molar-refractivity contribution in [2.75, 3.05) is 0 Å². The van der Waals surface area contributed by atoms with Crippen LogP contribution in [0.4, 0.5) is 8.78 Å². The Morgan fingerprint density at radius 3 is 2.63 bits per heavy atom. The molecule has 1 aromatic carbocycles. The first-order valence-corrected chi connectivity index (χ1v) is 6.34. The van der Waals surface area contributed by atoms with Gasteiger partial charge in [-0.25, -0.2) is 8.78 Å². The van der Waals surface area contributed by atoms with E-state index in [1.165, 1.54) is 0 Å². The van der Waals surface area contributed by atoms with E-state index in [2.05, 4.69) is 0 Å². The molecular formula is C14H15F2NO2. The van der Waals surface area contributed by atoms with E-state index in [9.17, 15) is 13.6 Å². The molecule has 3 nitrogen and oxygen atoms in total. The molecule has 0 heterocycles. The van der Waals surface area contributed by atoms with Gasteiger partial charge in [-0.3, -0.25) is 4.79 Å². The third kappa shape index (κ3) is 1.84. The Bertz CT molecular complexity index is 505. The fourth-order valence-corrected chi connectivity index (χ4v) is 3.16. The highest BCUT2D eigenvalue weighted by Crippen LogP contribution is 2.65. The Morgan fingerprint density at radius 1 is 1.37 bits per heavy atom. The Kier molecular flexibility index (Phi) is 2.64. The molecule has 0 amide bonds. The SMILES string of the molecule is NC1(C(=O)OCc2ccccc2)C2CCC(F)(F)C21. The lowest BCUT2D eigenvalue weighted by atomic mass is 10.0. The van der Waals surface area contributed by atoms with Crippen LogP contribution < -0.4 is 5.73 Å². The highest BCUT2D eigenvalue weighted by atomic mass is 19.3. The van der Waals surface area contributed by atoms with Crippen molar-refractivity contribution in [3.05, 3.63) is 35.9 Å². The van der Waals surface area contributed by atoms with Crippen LogP contribution in [0.25, 0.3) is 0 Å². The number of halogens is 2. The number of hydrogen-bond donors (Lipinski definition) is 1. The first-order chi connectivity index (χ1) is 8.96. The van der Waals surface area contributed by atoms with Gasteiger partial charge in [-0.2, -0.15) is 0 Å². The van der Waals surface area contributed by atoms with E-state index in [0.717, 1.165) is 5.56 Å². The van der Waals surface area contributed by atoms with Gasteiger partial charge in [0.2, 0.25) is 0 Å². The molecule has 3 unspecified atom stereocenters. The standard InChI is InChI=1S/C14H15F2NO2/c15-13(16)7-6-10-11(13)14(10,17)12(18)19-8-9-4-2-1-3-5-9/h1-5,10-11H,6-8,17H2. The Labute approximate surface area is 109 Å². The number of ether oxygens (including phenoxy) is 1. The molecule has 1 aromatic rings. The van der Waals surface area contributed by atoms with Gasteiger partial charge in [0.25, 0.3) is 5.92 Å². The molecule has 0 spiro atoms. The summed E-state index contributed by atoms with van der Waals surface area (Å²) in [5.74, 6) is -5.00. The van der Waals surface area contributed by atoms with Crippen LogP contribution in [0.5, 0.6) is 0 Å². The Balaban J connectivity index is 1.64. The van der Waals surface area contributed by atoms with Crippen LogP contribution in [-0.4, -0.2) is 17.4 Å². The maximum atomic E-state index is 13.5. The number of nitrogens with two attached hydrogens (primary N) is 1. The zero-order valence-electron chi connectivity index (χ0n) is 10.3. The molecule has 0 aromatic heterocycles. The molecule has 5 heteroatoms. The summed E-state index contributed by atoms with van der Waals surface area (Å²) in [6, 6.07) is 9.10. The summed E-state index contributed by atoms with van der Waals surface area (Å²) in [4.78, 5) is 11.9. The van der Waals surface area contributed by atoms with Gasteiger partial charge in [-0.1, -0.05) is 30.3 Å². The quantitative estimate of drug-likeness (QED) is 0.853. The number of rotatable bonds is 3. The van der Waals surface area contributed by atoms with E-state index < -0.39 is 29.3 Å². The Morgan fingerprint density at radius 2 is 2.05 bits per heavy atom. The Hall–Kier alpha value is -1.49. The van der Waals surface area contributed by atoms with Crippen molar-refractivity contribution >= 4 is 5.97 Å². The molecule has 0 saturated heterocycles. The third-order valence-electron chi connectivity index (χ3n) is 4.23. The van der Waals surface area contributed by atoms with E-state index >= 15 is 0 Å². The summed E-state index contributed by atoms with van der Waals surface area (Å²) in [6.45, 7) is 0.0731.